The lowest BCUT2D eigenvalue weighted by Gasteiger charge is -2.27. The summed E-state index contributed by atoms with van der Waals surface area (Å²) in [6.45, 7) is 5.33. The summed E-state index contributed by atoms with van der Waals surface area (Å²) < 4.78 is 67.7. The van der Waals surface area contributed by atoms with E-state index in [1.54, 1.807) is 25.1 Å². The van der Waals surface area contributed by atoms with E-state index in [0.717, 1.165) is 11.2 Å². The van der Waals surface area contributed by atoms with E-state index < -0.39 is 39.5 Å². The Morgan fingerprint density at radius 1 is 0.820 bits per heavy atom. The lowest BCUT2D eigenvalue weighted by Crippen LogP contribution is -2.37. The third-order valence-electron chi connectivity index (χ3n) is 7.01. The van der Waals surface area contributed by atoms with Gasteiger partial charge in [0.25, 0.3) is 11.8 Å². The molecular formula is C33H46N2O14S. The number of imide groups is 1. The fourth-order valence-electron chi connectivity index (χ4n) is 4.85. The van der Waals surface area contributed by atoms with E-state index >= 15 is 0 Å². The van der Waals surface area contributed by atoms with Crippen molar-refractivity contribution in [1.29, 1.82) is 0 Å². The van der Waals surface area contributed by atoms with Gasteiger partial charge in [0.1, 0.15) is 16.4 Å². The monoisotopic (exact) mass is 726 g/mol. The van der Waals surface area contributed by atoms with Crippen LogP contribution in [0.25, 0.3) is 0 Å². The van der Waals surface area contributed by atoms with Crippen molar-refractivity contribution in [3.8, 4) is 11.5 Å². The Labute approximate surface area is 291 Å². The van der Waals surface area contributed by atoms with Gasteiger partial charge in [0, 0.05) is 6.26 Å². The average Bonchev–Trinajstić information content (AvgIpc) is 3.34. The average molecular weight is 727 g/mol. The molecule has 17 heteroatoms. The Kier molecular flexibility index (Phi) is 17.4. The number of carbonyl (C=O) groups is 3. The minimum absolute atomic E-state index is 0.00678. The predicted molar refractivity (Wildman–Crippen MR) is 180 cm³/mol. The fraction of sp³-hybridized carbons (Fsp3) is 0.545. The normalized spacial score (nSPS) is 13.3. The summed E-state index contributed by atoms with van der Waals surface area (Å²) in [4.78, 5) is 40.8. The van der Waals surface area contributed by atoms with E-state index in [-0.39, 0.29) is 49.8 Å². The molecule has 1 aliphatic heterocycles. The molecule has 1 atom stereocenters. The van der Waals surface area contributed by atoms with E-state index in [1.807, 2.05) is 0 Å². The lowest BCUT2D eigenvalue weighted by molar-refractivity contribution is -0.0154. The van der Waals surface area contributed by atoms with Crippen LogP contribution in [0.3, 0.4) is 0 Å². The largest absolute Gasteiger partial charge is 0.493 e. The van der Waals surface area contributed by atoms with Gasteiger partial charge in [-0.25, -0.2) is 13.2 Å². The summed E-state index contributed by atoms with van der Waals surface area (Å²) in [5.74, 6) is -1.30. The Balaban J connectivity index is 1.46. The number of hydrogen-bond donors (Lipinski definition) is 2. The Morgan fingerprint density at radius 3 is 1.94 bits per heavy atom. The number of aliphatic hydroxyl groups excluding tert-OH is 1. The Hall–Kier alpha value is -3.84. The number of fused-ring (bicyclic) bond motifs is 1. The molecule has 0 spiro atoms. The number of benzene rings is 2. The van der Waals surface area contributed by atoms with Crippen molar-refractivity contribution in [3.63, 3.8) is 0 Å². The van der Waals surface area contributed by atoms with Gasteiger partial charge in [-0.1, -0.05) is 12.1 Å². The van der Waals surface area contributed by atoms with Crippen LogP contribution in [0.5, 0.6) is 11.5 Å². The number of nitrogens with one attached hydrogen (secondary N) is 1. The van der Waals surface area contributed by atoms with Gasteiger partial charge in [-0.05, 0) is 36.8 Å². The molecule has 0 saturated carbocycles. The number of aliphatic hydroxyl groups is 1. The van der Waals surface area contributed by atoms with Crippen LogP contribution in [0.4, 0.5) is 10.5 Å². The Bertz CT molecular complexity index is 1500. The first-order valence-corrected chi connectivity index (χ1v) is 18.1. The van der Waals surface area contributed by atoms with Crippen LogP contribution in [0, 0.1) is 0 Å². The highest BCUT2D eigenvalue weighted by atomic mass is 32.2. The molecule has 50 heavy (non-hydrogen) atoms. The lowest BCUT2D eigenvalue weighted by atomic mass is 10.1. The van der Waals surface area contributed by atoms with Gasteiger partial charge in [-0.3, -0.25) is 19.8 Å². The highest BCUT2D eigenvalue weighted by molar-refractivity contribution is 7.90. The number of methoxy groups -OCH3 is 1. The summed E-state index contributed by atoms with van der Waals surface area (Å²) in [6, 6.07) is 7.87. The molecule has 1 aliphatic rings. The molecule has 278 valence electrons. The molecule has 1 heterocycles. The molecule has 2 aromatic carbocycles. The van der Waals surface area contributed by atoms with Crippen molar-refractivity contribution in [2.24, 2.45) is 0 Å². The number of rotatable bonds is 25. The van der Waals surface area contributed by atoms with Gasteiger partial charge in [0.05, 0.1) is 115 Å². The van der Waals surface area contributed by atoms with Crippen molar-refractivity contribution in [3.05, 3.63) is 53.1 Å². The third-order valence-corrected chi connectivity index (χ3v) is 7.93. The molecule has 0 fully saturated rings. The number of anilines is 1. The predicted octanol–water partition coefficient (Wildman–Crippen LogP) is 2.10. The van der Waals surface area contributed by atoms with Crippen LogP contribution in [-0.2, 0) is 38.3 Å². The van der Waals surface area contributed by atoms with Crippen molar-refractivity contribution >= 4 is 33.4 Å². The van der Waals surface area contributed by atoms with Gasteiger partial charge in [-0.15, -0.1) is 0 Å². The quantitative estimate of drug-likeness (QED) is 0.112. The highest BCUT2D eigenvalue weighted by Crippen LogP contribution is 2.38. The minimum atomic E-state index is -3.69. The molecule has 2 N–H and O–H groups in total. The molecule has 0 radical (unpaired) electrons. The molecule has 2 aromatic rings. The van der Waals surface area contributed by atoms with Crippen LogP contribution in [0.15, 0.2) is 36.4 Å². The summed E-state index contributed by atoms with van der Waals surface area (Å²) in [7, 11) is -2.23. The second-order valence-electron chi connectivity index (χ2n) is 10.7. The summed E-state index contributed by atoms with van der Waals surface area (Å²) >= 11 is 0. The number of carbonyl (C=O) groups excluding carboxylic acids is 3. The van der Waals surface area contributed by atoms with Crippen molar-refractivity contribution < 1.29 is 65.8 Å². The smallest absolute Gasteiger partial charge is 0.411 e. The number of sulfone groups is 1. The first-order chi connectivity index (χ1) is 24.1. The van der Waals surface area contributed by atoms with Gasteiger partial charge in [0.2, 0.25) is 0 Å². The maximum atomic E-state index is 13.8. The molecule has 3 rings (SSSR count). The van der Waals surface area contributed by atoms with E-state index in [2.05, 4.69) is 5.32 Å². The van der Waals surface area contributed by atoms with Gasteiger partial charge < -0.3 is 43.0 Å². The van der Waals surface area contributed by atoms with E-state index in [4.69, 9.17) is 43.0 Å². The van der Waals surface area contributed by atoms with Crippen LogP contribution in [0.1, 0.15) is 39.2 Å². The summed E-state index contributed by atoms with van der Waals surface area (Å²) in [5.41, 5.74) is 0.306. The van der Waals surface area contributed by atoms with Crippen LogP contribution >= 0.6 is 0 Å². The number of hydrogen-bond acceptors (Lipinski definition) is 14. The van der Waals surface area contributed by atoms with Gasteiger partial charge >= 0.3 is 6.09 Å². The van der Waals surface area contributed by atoms with Crippen molar-refractivity contribution in [2.45, 2.75) is 13.0 Å². The zero-order valence-electron chi connectivity index (χ0n) is 28.6. The van der Waals surface area contributed by atoms with Gasteiger partial charge in [-0.2, -0.15) is 0 Å². The maximum absolute atomic E-state index is 13.8. The summed E-state index contributed by atoms with van der Waals surface area (Å²) in [5, 5.41) is 11.1. The third kappa shape index (κ3) is 12.8. The number of nitrogens with zero attached hydrogens (tertiary/aromatic N) is 1. The Morgan fingerprint density at radius 2 is 1.40 bits per heavy atom. The van der Waals surface area contributed by atoms with Crippen LogP contribution in [-0.4, -0.2) is 141 Å². The van der Waals surface area contributed by atoms with Crippen molar-refractivity contribution in [2.75, 3.05) is 110 Å². The SMILES string of the molecule is CCOc1cc(C(CS(C)(=O)=O)N2C(=O)c3cccc(NC(=O)OCCOCCOCCOCCOCCOCCO)c3C2=O)ccc1OC. The topological polar surface area (TPSA) is 195 Å². The molecule has 0 bridgehead atoms. The summed E-state index contributed by atoms with van der Waals surface area (Å²) in [6.07, 6.45) is 0.140. The fourth-order valence-corrected chi connectivity index (χ4v) is 5.77. The second kappa shape index (κ2) is 21.4. The highest BCUT2D eigenvalue weighted by Gasteiger charge is 2.43. The van der Waals surface area contributed by atoms with Gasteiger partial charge in [0.15, 0.2) is 11.5 Å². The zero-order chi connectivity index (χ0) is 36.4. The first-order valence-electron chi connectivity index (χ1n) is 16.0. The van der Waals surface area contributed by atoms with Crippen molar-refractivity contribution in [1.82, 2.24) is 4.90 Å². The zero-order valence-corrected chi connectivity index (χ0v) is 29.4. The van der Waals surface area contributed by atoms with E-state index in [0.29, 0.717) is 69.9 Å². The molecule has 0 aliphatic carbocycles. The van der Waals surface area contributed by atoms with Crippen LogP contribution < -0.4 is 14.8 Å². The van der Waals surface area contributed by atoms with E-state index in [1.165, 1.54) is 25.3 Å². The standard InChI is InChI=1S/C33H46N2O14S/c1-4-48-29-22-24(8-9-28(29)42-2)27(23-50(3,40)41)35-31(37)25-6-5-7-26(30(25)32(35)38)34-33(39)49-21-20-47-19-18-46-17-16-45-15-14-44-13-12-43-11-10-36/h5-9,22,27,36H,4,10-21,23H2,1-3H3,(H,34,39). The second-order valence-corrected chi connectivity index (χ2v) is 12.9. The molecule has 1 unspecified atom stereocenters. The number of ether oxygens (including phenoxy) is 8. The molecule has 3 amide bonds. The maximum Gasteiger partial charge on any atom is 0.411 e. The molecule has 16 nitrogen and oxygen atoms in total. The van der Waals surface area contributed by atoms with E-state index in [9.17, 15) is 22.8 Å². The van der Waals surface area contributed by atoms with Crippen LogP contribution in [0.2, 0.25) is 0 Å². The number of amides is 3. The molecular weight excluding hydrogens is 680 g/mol. The minimum Gasteiger partial charge on any atom is -0.493 e. The molecule has 0 aromatic heterocycles. The molecule has 0 saturated heterocycles. The first kappa shape index (κ1) is 40.6.